The number of rotatable bonds is 8. The van der Waals surface area contributed by atoms with Gasteiger partial charge in [0.25, 0.3) is 0 Å². The molecule has 8 nitrogen and oxygen atoms in total. The van der Waals surface area contributed by atoms with Crippen molar-refractivity contribution in [2.24, 2.45) is 0 Å². The summed E-state index contributed by atoms with van der Waals surface area (Å²) in [4.78, 5) is 20.9. The number of nitrogens with zero attached hydrogens (tertiary/aromatic N) is 5. The Kier molecular flexibility index (Phi) is 6.53. The fourth-order valence-electron chi connectivity index (χ4n) is 2.88. The molecule has 31 heavy (non-hydrogen) atoms. The van der Waals surface area contributed by atoms with Gasteiger partial charge in [0.2, 0.25) is 5.91 Å². The molecule has 4 rings (SSSR count). The van der Waals surface area contributed by atoms with Gasteiger partial charge in [-0.15, -0.1) is 10.2 Å². The van der Waals surface area contributed by atoms with Crippen LogP contribution in [0.3, 0.4) is 0 Å². The highest BCUT2D eigenvalue weighted by atomic mass is 32.2. The van der Waals surface area contributed by atoms with Crippen LogP contribution in [-0.4, -0.2) is 43.0 Å². The number of amides is 1. The van der Waals surface area contributed by atoms with Gasteiger partial charge in [0.1, 0.15) is 11.4 Å². The first-order chi connectivity index (χ1) is 15.2. The van der Waals surface area contributed by atoms with Gasteiger partial charge in [0.15, 0.2) is 11.0 Å². The minimum absolute atomic E-state index is 0.141. The Hall–Kier alpha value is -3.72. The quantitative estimate of drug-likeness (QED) is 0.423. The Balaban J connectivity index is 1.50. The van der Waals surface area contributed by atoms with Crippen LogP contribution in [0, 0.1) is 0 Å². The maximum Gasteiger partial charge on any atom is 0.234 e. The maximum atomic E-state index is 12.5. The van der Waals surface area contributed by atoms with Gasteiger partial charge >= 0.3 is 0 Å². The van der Waals surface area contributed by atoms with Crippen molar-refractivity contribution in [3.63, 3.8) is 0 Å². The molecule has 2 heterocycles. The average molecular weight is 433 g/mol. The molecule has 4 aromatic rings. The third kappa shape index (κ3) is 5.07. The van der Waals surface area contributed by atoms with Crippen LogP contribution in [0.1, 0.15) is 6.92 Å². The fourth-order valence-corrected chi connectivity index (χ4v) is 3.63. The Labute approximate surface area is 183 Å². The zero-order valence-corrected chi connectivity index (χ0v) is 17.6. The number of hydrogen-bond acceptors (Lipinski definition) is 7. The Morgan fingerprint density at radius 2 is 1.87 bits per heavy atom. The number of carbonyl (C=O) groups excluding carboxylic acids is 1. The van der Waals surface area contributed by atoms with Gasteiger partial charge in [0, 0.05) is 23.8 Å². The maximum absolute atomic E-state index is 12.5. The van der Waals surface area contributed by atoms with Crippen LogP contribution in [0.4, 0.5) is 5.69 Å². The van der Waals surface area contributed by atoms with Crippen LogP contribution in [0.5, 0.6) is 5.75 Å². The molecular formula is C22H20N6O2S. The monoisotopic (exact) mass is 432 g/mol. The highest BCUT2D eigenvalue weighted by molar-refractivity contribution is 7.99. The number of para-hydroxylation sites is 1. The minimum Gasteiger partial charge on any atom is -0.494 e. The first-order valence-corrected chi connectivity index (χ1v) is 10.7. The summed E-state index contributed by atoms with van der Waals surface area (Å²) in [6.45, 7) is 2.53. The van der Waals surface area contributed by atoms with Crippen LogP contribution in [-0.2, 0) is 4.79 Å². The summed E-state index contributed by atoms with van der Waals surface area (Å²) < 4.78 is 7.29. The van der Waals surface area contributed by atoms with Gasteiger partial charge < -0.3 is 10.1 Å². The lowest BCUT2D eigenvalue weighted by Gasteiger charge is -2.10. The van der Waals surface area contributed by atoms with Gasteiger partial charge in [-0.1, -0.05) is 30.0 Å². The van der Waals surface area contributed by atoms with E-state index in [9.17, 15) is 4.79 Å². The molecule has 0 spiro atoms. The fraction of sp³-hybridized carbons (Fsp3) is 0.136. The summed E-state index contributed by atoms with van der Waals surface area (Å²) in [6, 6.07) is 17.0. The highest BCUT2D eigenvalue weighted by Gasteiger charge is 2.18. The third-order valence-corrected chi connectivity index (χ3v) is 5.15. The molecule has 0 fully saturated rings. The number of thioether (sulfide) groups is 1. The highest BCUT2D eigenvalue weighted by Crippen LogP contribution is 2.26. The van der Waals surface area contributed by atoms with Crippen LogP contribution >= 0.6 is 11.8 Å². The molecule has 0 saturated carbocycles. The molecule has 156 valence electrons. The first-order valence-electron chi connectivity index (χ1n) is 9.67. The molecule has 0 aliphatic rings. The molecule has 0 radical (unpaired) electrons. The van der Waals surface area contributed by atoms with E-state index in [4.69, 9.17) is 4.74 Å². The zero-order chi connectivity index (χ0) is 21.5. The lowest BCUT2D eigenvalue weighted by Crippen LogP contribution is -2.14. The van der Waals surface area contributed by atoms with Crippen molar-refractivity contribution in [1.29, 1.82) is 0 Å². The molecule has 0 aliphatic heterocycles. The SMILES string of the molecule is CCOc1ccc(NC(=O)CSc2nnc(-c3cnccn3)n2-c2ccccc2)cc1. The Morgan fingerprint density at radius 3 is 2.58 bits per heavy atom. The van der Waals surface area contributed by atoms with Crippen LogP contribution in [0.25, 0.3) is 17.2 Å². The van der Waals surface area contributed by atoms with Gasteiger partial charge in [-0.2, -0.15) is 0 Å². The summed E-state index contributed by atoms with van der Waals surface area (Å²) >= 11 is 1.30. The van der Waals surface area contributed by atoms with Crippen molar-refractivity contribution in [3.05, 3.63) is 73.2 Å². The lowest BCUT2D eigenvalue weighted by atomic mass is 10.3. The van der Waals surface area contributed by atoms with E-state index < -0.39 is 0 Å². The van der Waals surface area contributed by atoms with E-state index in [0.717, 1.165) is 11.4 Å². The van der Waals surface area contributed by atoms with Crippen molar-refractivity contribution >= 4 is 23.4 Å². The minimum atomic E-state index is -0.141. The normalized spacial score (nSPS) is 10.6. The standard InChI is InChI=1S/C22H20N6O2S/c1-2-30-18-10-8-16(9-11-18)25-20(29)15-31-22-27-26-21(19-14-23-12-13-24-19)28(22)17-6-4-3-5-7-17/h3-14H,2,15H2,1H3,(H,25,29). The molecule has 0 bridgehead atoms. The van der Waals surface area contributed by atoms with Crippen LogP contribution in [0.15, 0.2) is 78.3 Å². The lowest BCUT2D eigenvalue weighted by molar-refractivity contribution is -0.113. The first kappa shape index (κ1) is 20.5. The molecular weight excluding hydrogens is 412 g/mol. The number of ether oxygens (including phenoxy) is 1. The topological polar surface area (TPSA) is 94.8 Å². The van der Waals surface area contributed by atoms with E-state index in [1.54, 1.807) is 18.6 Å². The predicted molar refractivity (Wildman–Crippen MR) is 119 cm³/mol. The number of hydrogen-bond donors (Lipinski definition) is 1. The molecule has 0 unspecified atom stereocenters. The number of benzene rings is 2. The average Bonchev–Trinajstić information content (AvgIpc) is 3.24. The van der Waals surface area contributed by atoms with Gasteiger partial charge in [-0.25, -0.2) is 4.98 Å². The molecule has 2 aromatic heterocycles. The second-order valence-corrected chi connectivity index (χ2v) is 7.30. The molecule has 2 aromatic carbocycles. The van der Waals surface area contributed by atoms with Crippen molar-refractivity contribution in [2.75, 3.05) is 17.7 Å². The third-order valence-electron chi connectivity index (χ3n) is 4.22. The number of aromatic nitrogens is 5. The molecule has 0 atom stereocenters. The van der Waals surface area contributed by atoms with E-state index >= 15 is 0 Å². The summed E-state index contributed by atoms with van der Waals surface area (Å²) in [7, 11) is 0. The van der Waals surface area contributed by atoms with E-state index in [1.807, 2.05) is 66.1 Å². The largest absolute Gasteiger partial charge is 0.494 e. The number of anilines is 1. The van der Waals surface area contributed by atoms with Gasteiger partial charge in [0.05, 0.1) is 18.6 Å². The van der Waals surface area contributed by atoms with Gasteiger partial charge in [-0.05, 0) is 43.3 Å². The summed E-state index contributed by atoms with van der Waals surface area (Å²) in [5, 5.41) is 12.1. The van der Waals surface area contributed by atoms with Crippen molar-refractivity contribution < 1.29 is 9.53 Å². The van der Waals surface area contributed by atoms with Crippen molar-refractivity contribution in [1.82, 2.24) is 24.7 Å². The summed E-state index contributed by atoms with van der Waals surface area (Å²) in [6.07, 6.45) is 4.85. The van der Waals surface area contributed by atoms with Gasteiger partial charge in [-0.3, -0.25) is 14.3 Å². The Bertz CT molecular complexity index is 1130. The zero-order valence-electron chi connectivity index (χ0n) is 16.8. The molecule has 0 saturated heterocycles. The van der Waals surface area contributed by atoms with Crippen molar-refractivity contribution in [3.8, 4) is 23.0 Å². The predicted octanol–water partition coefficient (Wildman–Crippen LogP) is 3.85. The number of nitrogens with one attached hydrogen (secondary N) is 1. The molecule has 1 N–H and O–H groups in total. The van der Waals surface area contributed by atoms with E-state index in [1.165, 1.54) is 11.8 Å². The number of carbonyl (C=O) groups is 1. The molecule has 1 amide bonds. The van der Waals surface area contributed by atoms with Crippen LogP contribution in [0.2, 0.25) is 0 Å². The molecule has 9 heteroatoms. The summed E-state index contributed by atoms with van der Waals surface area (Å²) in [5.74, 6) is 1.37. The van der Waals surface area contributed by atoms with Crippen molar-refractivity contribution in [2.45, 2.75) is 12.1 Å². The van der Waals surface area contributed by atoms with Crippen LogP contribution < -0.4 is 10.1 Å². The summed E-state index contributed by atoms with van der Waals surface area (Å²) in [5.41, 5.74) is 2.19. The molecule has 0 aliphatic carbocycles. The second-order valence-electron chi connectivity index (χ2n) is 6.36. The Morgan fingerprint density at radius 1 is 1.06 bits per heavy atom. The van der Waals surface area contributed by atoms with E-state index in [-0.39, 0.29) is 11.7 Å². The van der Waals surface area contributed by atoms with E-state index in [0.29, 0.717) is 29.0 Å². The smallest absolute Gasteiger partial charge is 0.234 e. The van der Waals surface area contributed by atoms with E-state index in [2.05, 4.69) is 25.5 Å². The second kappa shape index (κ2) is 9.86.